The molecule has 0 N–H and O–H groups in total. The molecule has 1 aliphatic rings. The van der Waals surface area contributed by atoms with E-state index in [2.05, 4.69) is 13.8 Å². The van der Waals surface area contributed by atoms with E-state index in [4.69, 9.17) is 0 Å². The van der Waals surface area contributed by atoms with E-state index < -0.39 is 10.0 Å². The Balaban J connectivity index is 0.000000686. The van der Waals surface area contributed by atoms with E-state index in [-0.39, 0.29) is 5.41 Å². The zero-order valence-corrected chi connectivity index (χ0v) is 12.0. The van der Waals surface area contributed by atoms with Crippen molar-refractivity contribution in [2.24, 2.45) is 0 Å². The molecule has 0 bridgehead atoms. The normalized spacial score (nSPS) is 17.1. The highest BCUT2D eigenvalue weighted by molar-refractivity contribution is 7.92. The Morgan fingerprint density at radius 1 is 1.18 bits per heavy atom. The molecule has 0 aromatic heterocycles. The fourth-order valence-electron chi connectivity index (χ4n) is 2.09. The van der Waals surface area contributed by atoms with Crippen molar-refractivity contribution in [3.8, 4) is 0 Å². The zero-order chi connectivity index (χ0) is 13.3. The molecule has 2 rings (SSSR count). The maximum atomic E-state index is 11.6. The molecular formula is C13H21NO2S. The summed E-state index contributed by atoms with van der Waals surface area (Å²) >= 11 is 0. The minimum atomic E-state index is -3.15. The third kappa shape index (κ3) is 2.63. The SMILES string of the molecule is CC.CC1(C)CN(S(C)(=O)=O)c2ccccc21. The van der Waals surface area contributed by atoms with Crippen LogP contribution in [0.2, 0.25) is 0 Å². The van der Waals surface area contributed by atoms with E-state index in [1.54, 1.807) is 0 Å². The predicted molar refractivity (Wildman–Crippen MR) is 73.0 cm³/mol. The van der Waals surface area contributed by atoms with E-state index in [1.807, 2.05) is 38.1 Å². The molecule has 0 saturated carbocycles. The van der Waals surface area contributed by atoms with Crippen molar-refractivity contribution in [1.29, 1.82) is 0 Å². The highest BCUT2D eigenvalue weighted by Gasteiger charge is 2.38. The molecule has 0 radical (unpaired) electrons. The second kappa shape index (κ2) is 4.69. The van der Waals surface area contributed by atoms with E-state index in [0.717, 1.165) is 11.3 Å². The molecule has 1 aromatic carbocycles. The van der Waals surface area contributed by atoms with Crippen molar-refractivity contribution in [2.45, 2.75) is 33.1 Å². The van der Waals surface area contributed by atoms with E-state index in [9.17, 15) is 8.42 Å². The van der Waals surface area contributed by atoms with Gasteiger partial charge >= 0.3 is 0 Å². The molecule has 1 heterocycles. The van der Waals surface area contributed by atoms with Gasteiger partial charge in [-0.25, -0.2) is 8.42 Å². The molecule has 1 aliphatic heterocycles. The summed E-state index contributed by atoms with van der Waals surface area (Å²) in [6.07, 6.45) is 1.26. The molecule has 3 nitrogen and oxygen atoms in total. The van der Waals surface area contributed by atoms with Crippen LogP contribution in [0.5, 0.6) is 0 Å². The first-order valence-corrected chi connectivity index (χ1v) is 7.74. The van der Waals surface area contributed by atoms with Gasteiger partial charge in [-0.1, -0.05) is 45.9 Å². The quantitative estimate of drug-likeness (QED) is 0.774. The third-order valence-electron chi connectivity index (χ3n) is 2.84. The minimum absolute atomic E-state index is 0.0975. The Kier molecular flexibility index (Phi) is 3.87. The topological polar surface area (TPSA) is 37.4 Å². The number of anilines is 1. The Labute approximate surface area is 105 Å². The third-order valence-corrected chi connectivity index (χ3v) is 3.97. The number of fused-ring (bicyclic) bond motifs is 1. The monoisotopic (exact) mass is 255 g/mol. The van der Waals surface area contributed by atoms with Crippen molar-refractivity contribution < 1.29 is 8.42 Å². The summed E-state index contributed by atoms with van der Waals surface area (Å²) < 4.78 is 24.7. The molecule has 0 unspecified atom stereocenters. The van der Waals surface area contributed by atoms with Crippen molar-refractivity contribution in [3.63, 3.8) is 0 Å². The molecular weight excluding hydrogens is 234 g/mol. The van der Waals surface area contributed by atoms with Crippen molar-refractivity contribution >= 4 is 15.7 Å². The smallest absolute Gasteiger partial charge is 0.232 e. The van der Waals surface area contributed by atoms with Gasteiger partial charge in [0.05, 0.1) is 11.9 Å². The average Bonchev–Trinajstić information content (AvgIpc) is 2.55. The maximum absolute atomic E-state index is 11.6. The largest absolute Gasteiger partial charge is 0.269 e. The van der Waals surface area contributed by atoms with Crippen molar-refractivity contribution in [1.82, 2.24) is 0 Å². The highest BCUT2D eigenvalue weighted by atomic mass is 32.2. The second-order valence-corrected chi connectivity index (χ2v) is 6.58. The highest BCUT2D eigenvalue weighted by Crippen LogP contribution is 2.41. The van der Waals surface area contributed by atoms with Crippen LogP contribution in [0.1, 0.15) is 33.3 Å². The van der Waals surface area contributed by atoms with Gasteiger partial charge in [0.15, 0.2) is 0 Å². The van der Waals surface area contributed by atoms with E-state index in [0.29, 0.717) is 6.54 Å². The van der Waals surface area contributed by atoms with Gasteiger partial charge in [-0.05, 0) is 11.6 Å². The maximum Gasteiger partial charge on any atom is 0.232 e. The van der Waals surface area contributed by atoms with Crippen LogP contribution in [0.15, 0.2) is 24.3 Å². The number of hydrogen-bond acceptors (Lipinski definition) is 2. The van der Waals surface area contributed by atoms with E-state index in [1.165, 1.54) is 10.6 Å². The minimum Gasteiger partial charge on any atom is -0.269 e. The first-order chi connectivity index (χ1) is 7.82. The van der Waals surface area contributed by atoms with Crippen LogP contribution in [0.4, 0.5) is 5.69 Å². The number of rotatable bonds is 1. The Bertz CT molecular complexity index is 492. The lowest BCUT2D eigenvalue weighted by Crippen LogP contribution is -2.32. The molecule has 0 spiro atoms. The molecule has 96 valence electrons. The summed E-state index contributed by atoms with van der Waals surface area (Å²) in [6.45, 7) is 8.67. The average molecular weight is 255 g/mol. The van der Waals surface area contributed by atoms with E-state index >= 15 is 0 Å². The van der Waals surface area contributed by atoms with Gasteiger partial charge in [-0.2, -0.15) is 0 Å². The fourth-order valence-corrected chi connectivity index (χ4v) is 3.16. The van der Waals surface area contributed by atoms with Crippen LogP contribution in [0.3, 0.4) is 0 Å². The number of para-hydroxylation sites is 1. The summed E-state index contributed by atoms with van der Waals surface area (Å²) in [5.41, 5.74) is 1.83. The zero-order valence-electron chi connectivity index (χ0n) is 11.2. The summed E-state index contributed by atoms with van der Waals surface area (Å²) in [5.74, 6) is 0. The van der Waals surface area contributed by atoms with Crippen LogP contribution in [-0.2, 0) is 15.4 Å². The van der Waals surface area contributed by atoms with Crippen LogP contribution in [0, 0.1) is 0 Å². The number of hydrogen-bond donors (Lipinski definition) is 0. The number of nitrogens with zero attached hydrogens (tertiary/aromatic N) is 1. The van der Waals surface area contributed by atoms with Gasteiger partial charge < -0.3 is 0 Å². The van der Waals surface area contributed by atoms with Crippen molar-refractivity contribution in [2.75, 3.05) is 17.1 Å². The van der Waals surface area contributed by atoms with Crippen molar-refractivity contribution in [3.05, 3.63) is 29.8 Å². The summed E-state index contributed by atoms with van der Waals surface area (Å²) in [7, 11) is -3.15. The standard InChI is InChI=1S/C11H15NO2S.C2H6/c1-11(2)8-12(15(3,13)14)10-7-5-4-6-9(10)11;1-2/h4-7H,8H2,1-3H3;1-2H3. The van der Waals surface area contributed by atoms with Crippen LogP contribution >= 0.6 is 0 Å². The molecule has 0 amide bonds. The Morgan fingerprint density at radius 2 is 1.71 bits per heavy atom. The first kappa shape index (κ1) is 14.0. The lowest BCUT2D eigenvalue weighted by molar-refractivity contribution is 0.557. The molecule has 1 aromatic rings. The number of benzene rings is 1. The fraction of sp³-hybridized carbons (Fsp3) is 0.538. The van der Waals surface area contributed by atoms with Crippen LogP contribution in [0.25, 0.3) is 0 Å². The molecule has 4 heteroatoms. The van der Waals surface area contributed by atoms with Gasteiger partial charge in [0.25, 0.3) is 0 Å². The Hall–Kier alpha value is -1.03. The first-order valence-electron chi connectivity index (χ1n) is 5.89. The van der Waals surface area contributed by atoms with Gasteiger partial charge in [-0.3, -0.25) is 4.31 Å². The Morgan fingerprint density at radius 3 is 2.24 bits per heavy atom. The molecule has 0 atom stereocenters. The van der Waals surface area contributed by atoms with Crippen LogP contribution in [-0.4, -0.2) is 21.2 Å². The molecule has 0 fully saturated rings. The lowest BCUT2D eigenvalue weighted by Gasteiger charge is -2.20. The summed E-state index contributed by atoms with van der Waals surface area (Å²) in [6, 6.07) is 7.69. The van der Waals surface area contributed by atoms with Gasteiger partial charge in [0.1, 0.15) is 0 Å². The van der Waals surface area contributed by atoms with Gasteiger partial charge in [0, 0.05) is 12.0 Å². The van der Waals surface area contributed by atoms with Gasteiger partial charge in [0.2, 0.25) is 10.0 Å². The lowest BCUT2D eigenvalue weighted by atomic mass is 9.87. The second-order valence-electron chi connectivity index (χ2n) is 4.67. The molecule has 0 aliphatic carbocycles. The van der Waals surface area contributed by atoms with Gasteiger partial charge in [-0.15, -0.1) is 0 Å². The predicted octanol–water partition coefficient (Wildman–Crippen LogP) is 2.77. The molecule has 17 heavy (non-hydrogen) atoms. The summed E-state index contributed by atoms with van der Waals surface area (Å²) in [4.78, 5) is 0. The molecule has 0 saturated heterocycles. The summed E-state index contributed by atoms with van der Waals surface area (Å²) in [5, 5.41) is 0. The van der Waals surface area contributed by atoms with Crippen LogP contribution < -0.4 is 4.31 Å². The number of sulfonamides is 1.